The SMILES string of the molecule is COc1cc(/C=C2\C=C(c3ccc4ccccc4c3)OC2=O)ccc1O. The molecule has 1 N–H and O–H groups in total. The number of rotatable bonds is 3. The summed E-state index contributed by atoms with van der Waals surface area (Å²) in [6.07, 6.45) is 3.43. The monoisotopic (exact) mass is 344 g/mol. The second-order valence-electron chi connectivity index (χ2n) is 5.99. The normalized spacial score (nSPS) is 15.2. The van der Waals surface area contributed by atoms with Crippen LogP contribution in [0.2, 0.25) is 0 Å². The smallest absolute Gasteiger partial charge is 0.343 e. The van der Waals surface area contributed by atoms with E-state index in [0.717, 1.165) is 21.9 Å². The van der Waals surface area contributed by atoms with E-state index in [9.17, 15) is 9.90 Å². The van der Waals surface area contributed by atoms with Crippen LogP contribution in [0, 0.1) is 0 Å². The van der Waals surface area contributed by atoms with Gasteiger partial charge in [-0.05, 0) is 46.7 Å². The number of esters is 1. The molecular weight excluding hydrogens is 328 g/mol. The van der Waals surface area contributed by atoms with E-state index in [2.05, 4.69) is 0 Å². The van der Waals surface area contributed by atoms with Crippen LogP contribution in [0.15, 0.2) is 72.3 Å². The van der Waals surface area contributed by atoms with Crippen molar-refractivity contribution in [3.63, 3.8) is 0 Å². The minimum absolute atomic E-state index is 0.0519. The molecule has 3 aromatic rings. The number of cyclic esters (lactones) is 1. The first-order valence-corrected chi connectivity index (χ1v) is 8.16. The van der Waals surface area contributed by atoms with E-state index in [1.54, 1.807) is 24.3 Å². The van der Waals surface area contributed by atoms with Gasteiger partial charge in [0, 0.05) is 5.56 Å². The summed E-state index contributed by atoms with van der Waals surface area (Å²) in [6, 6.07) is 18.9. The zero-order chi connectivity index (χ0) is 18.1. The number of methoxy groups -OCH3 is 1. The molecular formula is C22H16O4. The first kappa shape index (κ1) is 16.0. The lowest BCUT2D eigenvalue weighted by atomic mass is 10.0. The molecule has 0 unspecified atom stereocenters. The minimum Gasteiger partial charge on any atom is -0.504 e. The lowest BCUT2D eigenvalue weighted by Crippen LogP contribution is -1.97. The number of phenolic OH excluding ortho intramolecular Hbond substituents is 1. The average Bonchev–Trinajstić information content (AvgIpc) is 3.03. The summed E-state index contributed by atoms with van der Waals surface area (Å²) in [4.78, 5) is 12.2. The molecule has 0 saturated heterocycles. The van der Waals surface area contributed by atoms with Crippen molar-refractivity contribution in [2.24, 2.45) is 0 Å². The van der Waals surface area contributed by atoms with Gasteiger partial charge in [0.2, 0.25) is 0 Å². The molecule has 4 rings (SSSR count). The van der Waals surface area contributed by atoms with Crippen molar-refractivity contribution >= 4 is 28.6 Å². The van der Waals surface area contributed by atoms with Gasteiger partial charge in [0.05, 0.1) is 12.7 Å². The highest BCUT2D eigenvalue weighted by Crippen LogP contribution is 2.31. The van der Waals surface area contributed by atoms with E-state index in [4.69, 9.17) is 9.47 Å². The van der Waals surface area contributed by atoms with Crippen LogP contribution < -0.4 is 4.74 Å². The summed E-state index contributed by atoms with van der Waals surface area (Å²) in [5, 5.41) is 11.9. The second-order valence-corrected chi connectivity index (χ2v) is 5.99. The van der Waals surface area contributed by atoms with E-state index < -0.39 is 5.97 Å². The highest BCUT2D eigenvalue weighted by molar-refractivity contribution is 6.05. The van der Waals surface area contributed by atoms with E-state index >= 15 is 0 Å². The standard InChI is InChI=1S/C22H16O4/c1-25-21-11-14(6-9-19(21)23)10-18-13-20(26-22(18)24)17-8-7-15-4-2-3-5-16(15)12-17/h2-13,23H,1H3/b18-10+. The predicted molar refractivity (Wildman–Crippen MR) is 101 cm³/mol. The highest BCUT2D eigenvalue weighted by Gasteiger charge is 2.22. The van der Waals surface area contributed by atoms with E-state index in [0.29, 0.717) is 17.1 Å². The van der Waals surface area contributed by atoms with Crippen molar-refractivity contribution in [2.45, 2.75) is 0 Å². The van der Waals surface area contributed by atoms with Gasteiger partial charge in [-0.2, -0.15) is 0 Å². The molecule has 0 fully saturated rings. The molecule has 0 aliphatic carbocycles. The number of benzene rings is 3. The summed E-state index contributed by atoms with van der Waals surface area (Å²) in [6.45, 7) is 0. The summed E-state index contributed by atoms with van der Waals surface area (Å²) in [5.41, 5.74) is 2.03. The van der Waals surface area contributed by atoms with Gasteiger partial charge in [0.15, 0.2) is 11.5 Å². The topological polar surface area (TPSA) is 55.8 Å². The van der Waals surface area contributed by atoms with Gasteiger partial charge in [0.25, 0.3) is 0 Å². The van der Waals surface area contributed by atoms with Crippen LogP contribution in [0.3, 0.4) is 0 Å². The predicted octanol–water partition coefficient (Wildman–Crippen LogP) is 4.54. The molecule has 0 radical (unpaired) electrons. The van der Waals surface area contributed by atoms with E-state index in [1.807, 2.05) is 42.5 Å². The van der Waals surface area contributed by atoms with Crippen LogP contribution >= 0.6 is 0 Å². The number of carbonyl (C=O) groups excluding carboxylic acids is 1. The number of phenols is 1. The van der Waals surface area contributed by atoms with Crippen molar-refractivity contribution in [3.8, 4) is 11.5 Å². The Bertz CT molecular complexity index is 1080. The molecule has 0 bridgehead atoms. The van der Waals surface area contributed by atoms with Crippen molar-refractivity contribution in [2.75, 3.05) is 7.11 Å². The molecule has 0 spiro atoms. The van der Waals surface area contributed by atoms with Crippen molar-refractivity contribution in [3.05, 3.63) is 83.4 Å². The van der Waals surface area contributed by atoms with Gasteiger partial charge in [-0.15, -0.1) is 0 Å². The quantitative estimate of drug-likeness (QED) is 0.560. The first-order valence-electron chi connectivity index (χ1n) is 8.16. The van der Waals surface area contributed by atoms with Gasteiger partial charge in [-0.25, -0.2) is 4.79 Å². The Morgan fingerprint density at radius 1 is 1.00 bits per heavy atom. The van der Waals surface area contributed by atoms with Crippen LogP contribution in [0.25, 0.3) is 22.6 Å². The zero-order valence-electron chi connectivity index (χ0n) is 14.1. The average molecular weight is 344 g/mol. The molecule has 1 aliphatic heterocycles. The molecule has 0 amide bonds. The fraction of sp³-hybridized carbons (Fsp3) is 0.0455. The Morgan fingerprint density at radius 3 is 2.62 bits per heavy atom. The fourth-order valence-corrected chi connectivity index (χ4v) is 2.94. The molecule has 0 atom stereocenters. The molecule has 1 heterocycles. The largest absolute Gasteiger partial charge is 0.504 e. The zero-order valence-corrected chi connectivity index (χ0v) is 14.1. The maximum atomic E-state index is 12.2. The molecule has 4 heteroatoms. The summed E-state index contributed by atoms with van der Waals surface area (Å²) < 4.78 is 10.5. The third-order valence-electron chi connectivity index (χ3n) is 4.28. The van der Waals surface area contributed by atoms with Crippen LogP contribution in [-0.2, 0) is 9.53 Å². The number of ether oxygens (including phenoxy) is 2. The third kappa shape index (κ3) is 2.93. The van der Waals surface area contributed by atoms with Gasteiger partial charge in [-0.3, -0.25) is 0 Å². The van der Waals surface area contributed by atoms with Crippen molar-refractivity contribution in [1.29, 1.82) is 0 Å². The summed E-state index contributed by atoms with van der Waals surface area (Å²) >= 11 is 0. The van der Waals surface area contributed by atoms with Gasteiger partial charge in [0.1, 0.15) is 5.76 Å². The first-order chi connectivity index (χ1) is 12.6. The molecule has 128 valence electrons. The van der Waals surface area contributed by atoms with Crippen LogP contribution in [-0.4, -0.2) is 18.2 Å². The molecule has 0 saturated carbocycles. The number of hydrogen-bond donors (Lipinski definition) is 1. The maximum absolute atomic E-state index is 12.2. The molecule has 1 aliphatic rings. The summed E-state index contributed by atoms with van der Waals surface area (Å²) in [5.74, 6) is 0.526. The molecule has 3 aromatic carbocycles. The second kappa shape index (κ2) is 6.41. The third-order valence-corrected chi connectivity index (χ3v) is 4.28. The van der Waals surface area contributed by atoms with Crippen LogP contribution in [0.1, 0.15) is 11.1 Å². The van der Waals surface area contributed by atoms with Crippen LogP contribution in [0.4, 0.5) is 0 Å². The van der Waals surface area contributed by atoms with Crippen molar-refractivity contribution < 1.29 is 19.4 Å². The highest BCUT2D eigenvalue weighted by atomic mass is 16.5. The Balaban J connectivity index is 1.70. The maximum Gasteiger partial charge on any atom is 0.343 e. The van der Waals surface area contributed by atoms with E-state index in [-0.39, 0.29) is 5.75 Å². The van der Waals surface area contributed by atoms with Crippen molar-refractivity contribution in [1.82, 2.24) is 0 Å². The Labute approximate surface area is 150 Å². The van der Waals surface area contributed by atoms with Gasteiger partial charge in [-0.1, -0.05) is 42.5 Å². The fourth-order valence-electron chi connectivity index (χ4n) is 2.94. The lowest BCUT2D eigenvalue weighted by Gasteiger charge is -2.04. The Morgan fingerprint density at radius 2 is 1.81 bits per heavy atom. The number of fused-ring (bicyclic) bond motifs is 1. The van der Waals surface area contributed by atoms with Gasteiger partial charge < -0.3 is 14.6 Å². The van der Waals surface area contributed by atoms with Crippen LogP contribution in [0.5, 0.6) is 11.5 Å². The minimum atomic E-state index is -0.403. The Kier molecular flexibility index (Phi) is 3.93. The lowest BCUT2D eigenvalue weighted by molar-refractivity contribution is -0.130. The molecule has 0 aromatic heterocycles. The number of aromatic hydroxyl groups is 1. The Hall–Kier alpha value is -3.53. The number of hydrogen-bond acceptors (Lipinski definition) is 4. The number of carbonyl (C=O) groups is 1. The summed E-state index contributed by atoms with van der Waals surface area (Å²) in [7, 11) is 1.48. The molecule has 26 heavy (non-hydrogen) atoms. The molecule has 4 nitrogen and oxygen atoms in total. The van der Waals surface area contributed by atoms with E-state index in [1.165, 1.54) is 13.2 Å². The van der Waals surface area contributed by atoms with Gasteiger partial charge >= 0.3 is 5.97 Å².